The molecule has 1 aromatic carbocycles. The molecule has 2 aliphatic rings. The van der Waals surface area contributed by atoms with Gasteiger partial charge in [0.25, 0.3) is 0 Å². The van der Waals surface area contributed by atoms with Crippen molar-refractivity contribution in [2.75, 3.05) is 0 Å². The minimum absolute atomic E-state index is 0.0882. The number of carbonyl (C=O) groups is 1. The van der Waals surface area contributed by atoms with Gasteiger partial charge in [-0.2, -0.15) is 0 Å². The van der Waals surface area contributed by atoms with Gasteiger partial charge in [0.2, 0.25) is 0 Å². The maximum Gasteiger partial charge on any atom is 0.165 e. The summed E-state index contributed by atoms with van der Waals surface area (Å²) in [6.07, 6.45) is 4.35. The molecule has 26 heavy (non-hydrogen) atoms. The molecular formula is C24H35NO. The summed E-state index contributed by atoms with van der Waals surface area (Å²) >= 11 is 0. The van der Waals surface area contributed by atoms with E-state index in [-0.39, 0.29) is 10.8 Å². The standard InChI is InChI=1S/C24H35NO/c1-16(2)25(17(3)4)15-19-10-8-18(9-11-19)14-20-21-12-13-24(7,22(20)26)23(21,5)6/h8-11,14,16-17,21H,12-13,15H2,1-7H3. The third-order valence-electron chi connectivity index (χ3n) is 7.36. The zero-order valence-corrected chi connectivity index (χ0v) is 17.6. The highest BCUT2D eigenvalue weighted by Gasteiger charge is 2.63. The number of fused-ring (bicyclic) bond motifs is 2. The SMILES string of the molecule is CC(C)N(Cc1ccc(C=C2C(=O)C3(C)CCC2C3(C)C)cc1)C(C)C. The first kappa shape index (κ1) is 19.4. The van der Waals surface area contributed by atoms with Gasteiger partial charge < -0.3 is 0 Å². The lowest BCUT2D eigenvalue weighted by Gasteiger charge is -2.31. The number of rotatable bonds is 5. The van der Waals surface area contributed by atoms with Gasteiger partial charge >= 0.3 is 0 Å². The van der Waals surface area contributed by atoms with Crippen LogP contribution in [0, 0.1) is 16.7 Å². The van der Waals surface area contributed by atoms with E-state index in [4.69, 9.17) is 0 Å². The molecule has 0 amide bonds. The quantitative estimate of drug-likeness (QED) is 0.632. The molecule has 2 saturated carbocycles. The number of allylic oxidation sites excluding steroid dienone is 1. The van der Waals surface area contributed by atoms with Gasteiger partial charge in [-0.1, -0.05) is 45.0 Å². The van der Waals surface area contributed by atoms with E-state index in [0.717, 1.165) is 30.5 Å². The van der Waals surface area contributed by atoms with Crippen LogP contribution < -0.4 is 0 Å². The van der Waals surface area contributed by atoms with Crippen molar-refractivity contribution in [1.82, 2.24) is 4.90 Å². The Hall–Kier alpha value is -1.41. The van der Waals surface area contributed by atoms with Crippen LogP contribution in [0.2, 0.25) is 0 Å². The molecule has 2 unspecified atom stereocenters. The van der Waals surface area contributed by atoms with Crippen LogP contribution in [-0.2, 0) is 11.3 Å². The maximum absolute atomic E-state index is 13.0. The molecule has 2 atom stereocenters. The first-order valence-corrected chi connectivity index (χ1v) is 10.2. The van der Waals surface area contributed by atoms with Crippen LogP contribution in [0.25, 0.3) is 6.08 Å². The van der Waals surface area contributed by atoms with Crippen LogP contribution in [0.15, 0.2) is 29.8 Å². The molecule has 3 rings (SSSR count). The van der Waals surface area contributed by atoms with Crippen LogP contribution in [0.3, 0.4) is 0 Å². The summed E-state index contributed by atoms with van der Waals surface area (Å²) in [5, 5.41) is 0. The number of Topliss-reactive ketones (excluding diaryl/α,β-unsaturated/α-hetero) is 1. The summed E-state index contributed by atoms with van der Waals surface area (Å²) in [6.45, 7) is 16.7. The van der Waals surface area contributed by atoms with E-state index in [9.17, 15) is 4.79 Å². The molecule has 2 aliphatic carbocycles. The first-order chi connectivity index (χ1) is 12.1. The van der Waals surface area contributed by atoms with Gasteiger partial charge in [0.1, 0.15) is 0 Å². The smallest absolute Gasteiger partial charge is 0.165 e. The van der Waals surface area contributed by atoms with Crippen molar-refractivity contribution in [3.8, 4) is 0 Å². The Kier molecular flexibility index (Phi) is 4.94. The van der Waals surface area contributed by atoms with Crippen LogP contribution in [0.5, 0.6) is 0 Å². The van der Waals surface area contributed by atoms with Crippen molar-refractivity contribution in [3.63, 3.8) is 0 Å². The number of ketones is 1. The van der Waals surface area contributed by atoms with Crippen molar-refractivity contribution in [2.45, 2.75) is 79.9 Å². The van der Waals surface area contributed by atoms with E-state index in [1.165, 1.54) is 5.56 Å². The van der Waals surface area contributed by atoms with E-state index in [1.807, 2.05) is 0 Å². The number of carbonyl (C=O) groups excluding carboxylic acids is 1. The molecular weight excluding hydrogens is 318 g/mol. The molecule has 2 bridgehead atoms. The topological polar surface area (TPSA) is 20.3 Å². The lowest BCUT2D eigenvalue weighted by Crippen LogP contribution is -2.36. The molecule has 2 fully saturated rings. The van der Waals surface area contributed by atoms with Crippen molar-refractivity contribution >= 4 is 11.9 Å². The van der Waals surface area contributed by atoms with Gasteiger partial charge in [0, 0.05) is 24.0 Å². The summed E-state index contributed by atoms with van der Waals surface area (Å²) in [5.74, 6) is 0.797. The highest BCUT2D eigenvalue weighted by Crippen LogP contribution is 2.65. The second-order valence-electron chi connectivity index (χ2n) is 9.68. The van der Waals surface area contributed by atoms with Gasteiger partial charge in [-0.3, -0.25) is 9.69 Å². The van der Waals surface area contributed by atoms with E-state index in [1.54, 1.807) is 0 Å². The second-order valence-corrected chi connectivity index (χ2v) is 9.68. The van der Waals surface area contributed by atoms with Gasteiger partial charge in [-0.25, -0.2) is 0 Å². The van der Waals surface area contributed by atoms with Crippen molar-refractivity contribution in [1.29, 1.82) is 0 Å². The predicted molar refractivity (Wildman–Crippen MR) is 110 cm³/mol. The van der Waals surface area contributed by atoms with Gasteiger partial charge in [0.05, 0.1) is 0 Å². The Morgan fingerprint density at radius 3 is 2.12 bits per heavy atom. The Balaban J connectivity index is 1.80. The normalized spacial score (nSPS) is 28.9. The number of benzene rings is 1. The monoisotopic (exact) mass is 353 g/mol. The van der Waals surface area contributed by atoms with Crippen LogP contribution in [0.4, 0.5) is 0 Å². The van der Waals surface area contributed by atoms with E-state index in [2.05, 4.69) is 83.7 Å². The molecule has 2 nitrogen and oxygen atoms in total. The molecule has 0 radical (unpaired) electrons. The number of hydrogen-bond donors (Lipinski definition) is 0. The molecule has 142 valence electrons. The Morgan fingerprint density at radius 2 is 1.65 bits per heavy atom. The maximum atomic E-state index is 13.0. The molecule has 2 heteroatoms. The average molecular weight is 354 g/mol. The number of nitrogens with zero attached hydrogens (tertiary/aromatic N) is 1. The predicted octanol–water partition coefficient (Wildman–Crippen LogP) is 5.71. The highest BCUT2D eigenvalue weighted by atomic mass is 16.1. The average Bonchev–Trinajstić information content (AvgIpc) is 2.87. The lowest BCUT2D eigenvalue weighted by molar-refractivity contribution is -0.125. The minimum Gasteiger partial charge on any atom is -0.294 e. The van der Waals surface area contributed by atoms with E-state index in [0.29, 0.717) is 23.8 Å². The fraction of sp³-hybridized carbons (Fsp3) is 0.625. The molecule has 0 saturated heterocycles. The lowest BCUT2D eigenvalue weighted by atomic mass is 9.70. The van der Waals surface area contributed by atoms with Crippen molar-refractivity contribution in [3.05, 3.63) is 41.0 Å². The van der Waals surface area contributed by atoms with Crippen molar-refractivity contribution in [2.24, 2.45) is 16.7 Å². The molecule has 0 spiro atoms. The number of hydrogen-bond acceptors (Lipinski definition) is 2. The fourth-order valence-electron chi connectivity index (χ4n) is 5.17. The van der Waals surface area contributed by atoms with Crippen LogP contribution >= 0.6 is 0 Å². The fourth-order valence-corrected chi connectivity index (χ4v) is 5.17. The van der Waals surface area contributed by atoms with Gasteiger partial charge in [-0.05, 0) is 74.6 Å². The molecule has 0 heterocycles. The molecule has 0 aromatic heterocycles. The van der Waals surface area contributed by atoms with Crippen LogP contribution in [0.1, 0.15) is 72.4 Å². The summed E-state index contributed by atoms with van der Waals surface area (Å²) in [6, 6.07) is 9.85. The Bertz CT molecular complexity index is 702. The second kappa shape index (κ2) is 6.64. The third-order valence-corrected chi connectivity index (χ3v) is 7.36. The minimum atomic E-state index is -0.168. The van der Waals surface area contributed by atoms with Crippen molar-refractivity contribution < 1.29 is 4.79 Å². The Morgan fingerprint density at radius 1 is 1.08 bits per heavy atom. The highest BCUT2D eigenvalue weighted by molar-refractivity contribution is 6.07. The van der Waals surface area contributed by atoms with Crippen LogP contribution in [-0.4, -0.2) is 22.8 Å². The largest absolute Gasteiger partial charge is 0.294 e. The van der Waals surface area contributed by atoms with E-state index >= 15 is 0 Å². The zero-order valence-electron chi connectivity index (χ0n) is 17.6. The summed E-state index contributed by atoms with van der Waals surface area (Å²) in [7, 11) is 0. The Labute approximate surface area is 159 Å². The van der Waals surface area contributed by atoms with Gasteiger partial charge in [-0.15, -0.1) is 0 Å². The molecule has 1 aromatic rings. The van der Waals surface area contributed by atoms with E-state index < -0.39 is 0 Å². The summed E-state index contributed by atoms with van der Waals surface area (Å²) < 4.78 is 0. The summed E-state index contributed by atoms with van der Waals surface area (Å²) in [4.78, 5) is 15.5. The first-order valence-electron chi connectivity index (χ1n) is 10.2. The van der Waals surface area contributed by atoms with Gasteiger partial charge in [0.15, 0.2) is 5.78 Å². The third kappa shape index (κ3) is 2.97. The molecule has 0 N–H and O–H groups in total. The molecule has 0 aliphatic heterocycles. The summed E-state index contributed by atoms with van der Waals surface area (Å²) in [5.41, 5.74) is 3.47. The zero-order chi connectivity index (χ0) is 19.3.